The maximum absolute atomic E-state index is 11.4. The van der Waals surface area contributed by atoms with E-state index in [1.54, 1.807) is 0 Å². The number of fused-ring (bicyclic) bond motifs is 5. The Morgan fingerprint density at radius 2 is 1.69 bits per heavy atom. The normalized spacial score (nSPS) is 50.6. The fourth-order valence-electron chi connectivity index (χ4n) is 9.52. The Kier molecular flexibility index (Phi) is 5.76. The first kappa shape index (κ1) is 23.1. The van der Waals surface area contributed by atoms with Crippen LogP contribution in [0.5, 0.6) is 0 Å². The molecule has 4 heteroatoms. The van der Waals surface area contributed by atoms with E-state index >= 15 is 0 Å². The van der Waals surface area contributed by atoms with Gasteiger partial charge in [0.05, 0.1) is 17.7 Å². The van der Waals surface area contributed by atoms with Crippen LogP contribution >= 0.6 is 0 Å². The predicted octanol–water partition coefficient (Wildman–Crippen LogP) is 5.60. The molecule has 5 aliphatic rings. The fourth-order valence-corrected chi connectivity index (χ4v) is 9.52. The van der Waals surface area contributed by atoms with Gasteiger partial charge in [-0.15, -0.1) is 0 Å². The zero-order chi connectivity index (χ0) is 22.9. The smallest absolute Gasteiger partial charge is 0.183 e. The number of aliphatic hydroxyl groups excluding tert-OH is 2. The molecule has 10 unspecified atom stereocenters. The van der Waals surface area contributed by atoms with E-state index in [0.717, 1.165) is 56.9 Å². The molecule has 0 aromatic heterocycles. The number of hydrogen-bond donors (Lipinski definition) is 2. The van der Waals surface area contributed by atoms with Crippen LogP contribution in [-0.2, 0) is 4.74 Å². The highest BCUT2D eigenvalue weighted by Gasteiger charge is 2.62. The number of ether oxygens (including phenoxy) is 1. The highest BCUT2D eigenvalue weighted by Crippen LogP contribution is 2.68. The van der Waals surface area contributed by atoms with Crippen LogP contribution in [0.4, 0.5) is 0 Å². The summed E-state index contributed by atoms with van der Waals surface area (Å²) >= 11 is 0. The average molecular weight is 446 g/mol. The van der Waals surface area contributed by atoms with Crippen molar-refractivity contribution < 1.29 is 14.9 Å². The van der Waals surface area contributed by atoms with Gasteiger partial charge >= 0.3 is 0 Å². The largest absolute Gasteiger partial charge is 0.478 e. The van der Waals surface area contributed by atoms with Crippen molar-refractivity contribution in [2.45, 2.75) is 117 Å². The first-order valence-electron chi connectivity index (χ1n) is 13.6. The quantitative estimate of drug-likeness (QED) is 0.592. The van der Waals surface area contributed by atoms with Crippen LogP contribution in [0.15, 0.2) is 4.99 Å². The van der Waals surface area contributed by atoms with Gasteiger partial charge in [0.2, 0.25) is 0 Å². The second-order valence-corrected chi connectivity index (χ2v) is 13.6. The third-order valence-corrected chi connectivity index (χ3v) is 11.2. The first-order chi connectivity index (χ1) is 15.0. The molecule has 1 heterocycles. The molecule has 0 bridgehead atoms. The van der Waals surface area contributed by atoms with Gasteiger partial charge in [0, 0.05) is 6.42 Å². The molecule has 1 aliphatic heterocycles. The second-order valence-electron chi connectivity index (χ2n) is 13.6. The van der Waals surface area contributed by atoms with Crippen molar-refractivity contribution in [3.05, 3.63) is 0 Å². The monoisotopic (exact) mass is 445 g/mol. The Labute approximate surface area is 195 Å². The molecule has 4 fully saturated rings. The summed E-state index contributed by atoms with van der Waals surface area (Å²) < 4.78 is 5.87. The minimum absolute atomic E-state index is 0.0539. The summed E-state index contributed by atoms with van der Waals surface area (Å²) in [5.41, 5.74) is 0.622. The van der Waals surface area contributed by atoms with Crippen molar-refractivity contribution in [3.8, 4) is 0 Å². The zero-order valence-electron chi connectivity index (χ0n) is 21.1. The third-order valence-electron chi connectivity index (χ3n) is 11.2. The van der Waals surface area contributed by atoms with Gasteiger partial charge in [-0.25, -0.2) is 4.99 Å². The lowest BCUT2D eigenvalue weighted by atomic mass is 9.43. The van der Waals surface area contributed by atoms with Gasteiger partial charge in [-0.05, 0) is 118 Å². The summed E-state index contributed by atoms with van der Waals surface area (Å²) in [7, 11) is 0. The minimum atomic E-state index is -0.175. The van der Waals surface area contributed by atoms with Crippen LogP contribution in [0, 0.1) is 46.3 Å². The van der Waals surface area contributed by atoms with E-state index in [9.17, 15) is 10.2 Å². The lowest BCUT2D eigenvalue weighted by molar-refractivity contribution is -0.174. The van der Waals surface area contributed by atoms with E-state index in [1.807, 2.05) is 0 Å². The van der Waals surface area contributed by atoms with Gasteiger partial charge in [0.15, 0.2) is 5.90 Å². The highest BCUT2D eigenvalue weighted by atomic mass is 16.5. The maximum Gasteiger partial charge on any atom is 0.183 e. The molecule has 0 aromatic rings. The minimum Gasteiger partial charge on any atom is -0.478 e. The van der Waals surface area contributed by atoms with Crippen molar-refractivity contribution in [1.82, 2.24) is 0 Å². The standard InChI is InChI=1S/C28H47NO3/c1-17(6-9-24-29-26(2,3)16-32-24)20-7-8-21-25-22(11-13-28(20,21)5)27(4)12-10-19(30)14-18(27)15-23(25)31/h17-23,25,30-31H,6-16H2,1-5H3. The van der Waals surface area contributed by atoms with Gasteiger partial charge in [-0.2, -0.15) is 0 Å². The molecule has 182 valence electrons. The fraction of sp³-hybridized carbons (Fsp3) is 0.964. The van der Waals surface area contributed by atoms with Gasteiger partial charge in [0.1, 0.15) is 6.61 Å². The van der Waals surface area contributed by atoms with Crippen LogP contribution in [0.1, 0.15) is 98.8 Å². The lowest BCUT2D eigenvalue weighted by Crippen LogP contribution is -2.58. The molecule has 4 nitrogen and oxygen atoms in total. The number of aliphatic imine (C=N–C) groups is 1. The van der Waals surface area contributed by atoms with E-state index in [2.05, 4.69) is 34.6 Å². The van der Waals surface area contributed by atoms with Crippen LogP contribution in [0.2, 0.25) is 0 Å². The van der Waals surface area contributed by atoms with Gasteiger partial charge in [-0.3, -0.25) is 0 Å². The van der Waals surface area contributed by atoms with E-state index in [4.69, 9.17) is 9.73 Å². The number of hydrogen-bond acceptors (Lipinski definition) is 4. The molecule has 0 saturated heterocycles. The van der Waals surface area contributed by atoms with E-state index in [0.29, 0.717) is 40.4 Å². The molecule has 5 rings (SSSR count). The van der Waals surface area contributed by atoms with Crippen LogP contribution in [0.25, 0.3) is 0 Å². The summed E-state index contributed by atoms with van der Waals surface area (Å²) in [5.74, 6) is 4.64. The third kappa shape index (κ3) is 3.67. The molecular weight excluding hydrogens is 398 g/mol. The maximum atomic E-state index is 11.4. The van der Waals surface area contributed by atoms with Gasteiger partial charge in [0.25, 0.3) is 0 Å². The van der Waals surface area contributed by atoms with E-state index in [1.165, 1.54) is 25.7 Å². The Morgan fingerprint density at radius 3 is 2.41 bits per heavy atom. The van der Waals surface area contributed by atoms with Crippen molar-refractivity contribution >= 4 is 5.90 Å². The Morgan fingerprint density at radius 1 is 0.969 bits per heavy atom. The van der Waals surface area contributed by atoms with Crippen molar-refractivity contribution in [2.75, 3.05) is 6.61 Å². The number of aliphatic hydroxyl groups is 2. The molecule has 4 saturated carbocycles. The zero-order valence-corrected chi connectivity index (χ0v) is 21.1. The molecule has 32 heavy (non-hydrogen) atoms. The molecule has 2 N–H and O–H groups in total. The highest BCUT2D eigenvalue weighted by molar-refractivity contribution is 5.78. The molecule has 0 amide bonds. The van der Waals surface area contributed by atoms with Crippen LogP contribution < -0.4 is 0 Å². The van der Waals surface area contributed by atoms with Crippen molar-refractivity contribution in [3.63, 3.8) is 0 Å². The average Bonchev–Trinajstić information content (AvgIpc) is 3.26. The number of nitrogens with zero attached hydrogens (tertiary/aromatic N) is 1. The van der Waals surface area contributed by atoms with Crippen LogP contribution in [0.3, 0.4) is 0 Å². The summed E-state index contributed by atoms with van der Waals surface area (Å²) in [4.78, 5) is 4.78. The van der Waals surface area contributed by atoms with Gasteiger partial charge in [-0.1, -0.05) is 20.8 Å². The molecule has 0 radical (unpaired) electrons. The van der Waals surface area contributed by atoms with Crippen molar-refractivity contribution in [2.24, 2.45) is 51.3 Å². The molecule has 0 aromatic carbocycles. The summed E-state index contributed by atoms with van der Waals surface area (Å²) in [6, 6.07) is 0. The Hall–Kier alpha value is -0.610. The Balaban J connectivity index is 1.30. The summed E-state index contributed by atoms with van der Waals surface area (Å²) in [6.45, 7) is 12.6. The van der Waals surface area contributed by atoms with Gasteiger partial charge < -0.3 is 14.9 Å². The topological polar surface area (TPSA) is 62.0 Å². The summed E-state index contributed by atoms with van der Waals surface area (Å²) in [6.07, 6.45) is 10.9. The second kappa shape index (κ2) is 7.97. The SMILES string of the molecule is CC(CCC1=NC(C)(C)CO1)C1CCC2C3C(O)CC4CC(O)CCC4(C)C3CCC12C. The lowest BCUT2D eigenvalue weighted by Gasteiger charge is -2.62. The molecule has 0 spiro atoms. The van der Waals surface area contributed by atoms with Crippen LogP contribution in [-0.4, -0.2) is 40.5 Å². The van der Waals surface area contributed by atoms with E-state index < -0.39 is 0 Å². The first-order valence-corrected chi connectivity index (χ1v) is 13.6. The summed E-state index contributed by atoms with van der Waals surface area (Å²) in [5, 5.41) is 21.7. The predicted molar refractivity (Wildman–Crippen MR) is 128 cm³/mol. The van der Waals surface area contributed by atoms with Crippen molar-refractivity contribution in [1.29, 1.82) is 0 Å². The Bertz CT molecular complexity index is 749. The number of rotatable bonds is 4. The molecule has 4 aliphatic carbocycles. The molecule has 10 atom stereocenters. The molecular formula is C28H47NO3. The van der Waals surface area contributed by atoms with E-state index in [-0.39, 0.29) is 17.7 Å².